The Morgan fingerprint density at radius 1 is 1.40 bits per heavy atom. The van der Waals surface area contributed by atoms with Crippen molar-refractivity contribution in [3.63, 3.8) is 0 Å². The lowest BCUT2D eigenvalue weighted by atomic mass is 10.1. The van der Waals surface area contributed by atoms with Crippen molar-refractivity contribution in [2.75, 3.05) is 7.05 Å². The van der Waals surface area contributed by atoms with Crippen molar-refractivity contribution < 1.29 is 19.5 Å². The Labute approximate surface area is 118 Å². The number of amides is 2. The molecule has 0 aromatic heterocycles. The maximum absolute atomic E-state index is 12.5. The van der Waals surface area contributed by atoms with Gasteiger partial charge in [-0.15, -0.1) is 0 Å². The molecule has 2 amide bonds. The summed E-state index contributed by atoms with van der Waals surface area (Å²) in [7, 11) is 1.62. The van der Waals surface area contributed by atoms with Crippen LogP contribution in [0.5, 0.6) is 0 Å². The molecule has 0 radical (unpaired) electrons. The van der Waals surface area contributed by atoms with Crippen LogP contribution in [-0.2, 0) is 14.4 Å². The Morgan fingerprint density at radius 3 is 2.50 bits per heavy atom. The largest absolute Gasteiger partial charge is 0.480 e. The molecule has 2 atom stereocenters. The van der Waals surface area contributed by atoms with Crippen LogP contribution in [0.15, 0.2) is 0 Å². The third kappa shape index (κ3) is 2.57. The first-order valence-corrected chi connectivity index (χ1v) is 7.28. The standard InChI is InChI=1S/C14H22N2O4/c1-3-10(14(19)20)15(2)11-8-12(17)16(13(11)18)9-6-4-5-7-9/h9-11H,3-8H2,1-2H3,(H,19,20). The Balaban J connectivity index is 2.12. The topological polar surface area (TPSA) is 77.9 Å². The summed E-state index contributed by atoms with van der Waals surface area (Å²) in [6.45, 7) is 1.77. The van der Waals surface area contributed by atoms with Gasteiger partial charge in [0.05, 0.1) is 12.5 Å². The molecule has 2 unspecified atom stereocenters. The van der Waals surface area contributed by atoms with Crippen LogP contribution in [0.2, 0.25) is 0 Å². The smallest absolute Gasteiger partial charge is 0.320 e. The predicted octanol–water partition coefficient (Wildman–Crippen LogP) is 0.851. The molecule has 0 spiro atoms. The molecule has 6 nitrogen and oxygen atoms in total. The maximum Gasteiger partial charge on any atom is 0.320 e. The van der Waals surface area contributed by atoms with E-state index >= 15 is 0 Å². The summed E-state index contributed by atoms with van der Waals surface area (Å²) >= 11 is 0. The fourth-order valence-electron chi connectivity index (χ4n) is 3.35. The highest BCUT2D eigenvalue weighted by atomic mass is 16.4. The molecular formula is C14H22N2O4. The van der Waals surface area contributed by atoms with Gasteiger partial charge in [0.15, 0.2) is 0 Å². The number of aliphatic carboxylic acids is 1. The van der Waals surface area contributed by atoms with E-state index in [0.29, 0.717) is 6.42 Å². The normalized spacial score (nSPS) is 25.8. The third-order valence-corrected chi connectivity index (χ3v) is 4.50. The molecule has 1 aliphatic heterocycles. The highest BCUT2D eigenvalue weighted by Crippen LogP contribution is 2.30. The van der Waals surface area contributed by atoms with Crippen molar-refractivity contribution in [3.8, 4) is 0 Å². The fourth-order valence-corrected chi connectivity index (χ4v) is 3.35. The number of hydrogen-bond acceptors (Lipinski definition) is 4. The Morgan fingerprint density at radius 2 is 2.00 bits per heavy atom. The lowest BCUT2D eigenvalue weighted by Crippen LogP contribution is -2.49. The maximum atomic E-state index is 12.5. The van der Waals surface area contributed by atoms with Gasteiger partial charge in [-0.3, -0.25) is 24.2 Å². The van der Waals surface area contributed by atoms with E-state index in [4.69, 9.17) is 0 Å². The summed E-state index contributed by atoms with van der Waals surface area (Å²) in [6, 6.07) is -1.32. The fraction of sp³-hybridized carbons (Fsp3) is 0.786. The molecule has 1 N–H and O–H groups in total. The van der Waals surface area contributed by atoms with Crippen molar-refractivity contribution >= 4 is 17.8 Å². The minimum absolute atomic E-state index is 0.0262. The van der Waals surface area contributed by atoms with E-state index in [-0.39, 0.29) is 24.3 Å². The number of rotatable bonds is 5. The molecule has 6 heteroatoms. The summed E-state index contributed by atoms with van der Waals surface area (Å²) in [6.07, 6.45) is 4.38. The van der Waals surface area contributed by atoms with Gasteiger partial charge in [0, 0.05) is 6.04 Å². The highest BCUT2D eigenvalue weighted by Gasteiger charge is 2.46. The van der Waals surface area contributed by atoms with Gasteiger partial charge in [0.25, 0.3) is 0 Å². The van der Waals surface area contributed by atoms with Crippen molar-refractivity contribution in [2.45, 2.75) is 63.6 Å². The van der Waals surface area contributed by atoms with E-state index in [0.717, 1.165) is 25.7 Å². The average molecular weight is 282 g/mol. The SMILES string of the molecule is CCC(C(=O)O)N(C)C1CC(=O)N(C2CCCC2)C1=O. The zero-order chi connectivity index (χ0) is 14.9. The summed E-state index contributed by atoms with van der Waals surface area (Å²) in [5.74, 6) is -1.32. The van der Waals surface area contributed by atoms with Crippen LogP contribution in [0.4, 0.5) is 0 Å². The van der Waals surface area contributed by atoms with Gasteiger partial charge in [-0.2, -0.15) is 0 Å². The molecule has 112 valence electrons. The van der Waals surface area contributed by atoms with E-state index in [1.165, 1.54) is 9.80 Å². The first-order chi connectivity index (χ1) is 9.47. The van der Waals surface area contributed by atoms with Crippen LogP contribution in [0.1, 0.15) is 45.4 Å². The number of carboxylic acid groups (broad SMARTS) is 1. The van der Waals surface area contributed by atoms with Gasteiger partial charge in [-0.25, -0.2) is 0 Å². The first kappa shape index (κ1) is 15.0. The molecular weight excluding hydrogens is 260 g/mol. The molecule has 1 aliphatic carbocycles. The zero-order valence-electron chi connectivity index (χ0n) is 12.0. The van der Waals surface area contributed by atoms with E-state index in [1.54, 1.807) is 14.0 Å². The number of carbonyl (C=O) groups excluding carboxylic acids is 2. The Bertz CT molecular complexity index is 417. The monoisotopic (exact) mass is 282 g/mol. The van der Waals surface area contributed by atoms with Gasteiger partial charge in [-0.05, 0) is 26.3 Å². The van der Waals surface area contributed by atoms with E-state index in [2.05, 4.69) is 0 Å². The van der Waals surface area contributed by atoms with E-state index in [9.17, 15) is 19.5 Å². The summed E-state index contributed by atoms with van der Waals surface area (Å²) in [5.41, 5.74) is 0. The zero-order valence-corrected chi connectivity index (χ0v) is 12.0. The molecule has 0 aromatic carbocycles. The molecule has 1 saturated heterocycles. The number of carboxylic acids is 1. The van der Waals surface area contributed by atoms with Crippen LogP contribution in [0, 0.1) is 0 Å². The molecule has 0 aromatic rings. The molecule has 1 saturated carbocycles. The predicted molar refractivity (Wildman–Crippen MR) is 72.0 cm³/mol. The van der Waals surface area contributed by atoms with Crippen molar-refractivity contribution in [3.05, 3.63) is 0 Å². The minimum Gasteiger partial charge on any atom is -0.480 e. The minimum atomic E-state index is -0.949. The number of nitrogens with zero attached hydrogens (tertiary/aromatic N) is 2. The molecule has 2 aliphatic rings. The summed E-state index contributed by atoms with van der Waals surface area (Å²) in [4.78, 5) is 38.7. The van der Waals surface area contributed by atoms with Crippen LogP contribution >= 0.6 is 0 Å². The van der Waals surface area contributed by atoms with Crippen molar-refractivity contribution in [1.82, 2.24) is 9.80 Å². The van der Waals surface area contributed by atoms with Crippen molar-refractivity contribution in [1.29, 1.82) is 0 Å². The average Bonchev–Trinajstić information content (AvgIpc) is 2.98. The van der Waals surface area contributed by atoms with Gasteiger partial charge in [0.2, 0.25) is 11.8 Å². The number of likely N-dealkylation sites (N-methyl/N-ethyl adjacent to an activating group) is 1. The molecule has 1 heterocycles. The number of carbonyl (C=O) groups is 3. The second kappa shape index (κ2) is 5.91. The Kier molecular flexibility index (Phi) is 4.42. The molecule has 20 heavy (non-hydrogen) atoms. The number of imide groups is 1. The highest BCUT2D eigenvalue weighted by molar-refractivity contribution is 6.06. The van der Waals surface area contributed by atoms with Gasteiger partial charge in [-0.1, -0.05) is 19.8 Å². The van der Waals surface area contributed by atoms with Crippen LogP contribution < -0.4 is 0 Å². The van der Waals surface area contributed by atoms with Gasteiger partial charge >= 0.3 is 5.97 Å². The van der Waals surface area contributed by atoms with E-state index < -0.39 is 18.1 Å². The van der Waals surface area contributed by atoms with Gasteiger partial charge < -0.3 is 5.11 Å². The lowest BCUT2D eigenvalue weighted by Gasteiger charge is -2.29. The summed E-state index contributed by atoms with van der Waals surface area (Å²) < 4.78 is 0. The van der Waals surface area contributed by atoms with Crippen LogP contribution in [0.25, 0.3) is 0 Å². The lowest BCUT2D eigenvalue weighted by molar-refractivity contribution is -0.145. The number of likely N-dealkylation sites (tertiary alicyclic amines) is 1. The number of hydrogen-bond donors (Lipinski definition) is 1. The molecule has 2 rings (SSSR count). The van der Waals surface area contributed by atoms with Crippen LogP contribution in [-0.4, -0.2) is 57.9 Å². The molecule has 2 fully saturated rings. The van der Waals surface area contributed by atoms with Crippen LogP contribution in [0.3, 0.4) is 0 Å². The van der Waals surface area contributed by atoms with Gasteiger partial charge in [0.1, 0.15) is 6.04 Å². The third-order valence-electron chi connectivity index (χ3n) is 4.50. The summed E-state index contributed by atoms with van der Waals surface area (Å²) in [5, 5.41) is 9.18. The molecule has 0 bridgehead atoms. The first-order valence-electron chi connectivity index (χ1n) is 7.28. The quantitative estimate of drug-likeness (QED) is 0.756. The van der Waals surface area contributed by atoms with E-state index in [1.807, 2.05) is 0 Å². The second-order valence-corrected chi connectivity index (χ2v) is 5.69. The second-order valence-electron chi connectivity index (χ2n) is 5.69. The van der Waals surface area contributed by atoms with Crippen molar-refractivity contribution in [2.24, 2.45) is 0 Å². The Hall–Kier alpha value is -1.43.